The molecule has 0 saturated carbocycles. The van der Waals surface area contributed by atoms with Crippen LogP contribution in [0.1, 0.15) is 13.3 Å². The molecule has 1 aromatic heterocycles. The lowest BCUT2D eigenvalue weighted by atomic mass is 9.92. The number of thioether (sulfide) groups is 1. The maximum atomic E-state index is 12.0. The Morgan fingerprint density at radius 2 is 2.33 bits per heavy atom. The lowest BCUT2D eigenvalue weighted by Gasteiger charge is -2.43. The van der Waals surface area contributed by atoms with E-state index >= 15 is 0 Å². The first-order valence-electron chi connectivity index (χ1n) is 6.35. The van der Waals surface area contributed by atoms with Crippen molar-refractivity contribution in [1.29, 1.82) is 0 Å². The smallest absolute Gasteiger partial charge is 0.353 e. The molecule has 1 aromatic rings. The lowest BCUT2D eigenvalue weighted by molar-refractivity contribution is -0.156. The standard InChI is InChI=1S/C11H13N5O4S/c1-5(17)7-9(18)16-8(11(19)20)6(21-10(7)16)2-3-15-4-12-13-14-15/h4-5,7,10,17H,2-3H2,1H3,(H,19,20)/t5?,7-,10-/m0/s1. The molecule has 0 bridgehead atoms. The Kier molecular flexibility index (Phi) is 3.41. The summed E-state index contributed by atoms with van der Waals surface area (Å²) in [5.74, 6) is -2.01. The molecule has 0 radical (unpaired) electrons. The summed E-state index contributed by atoms with van der Waals surface area (Å²) in [6.07, 6.45) is 1.07. The van der Waals surface area contributed by atoms with Gasteiger partial charge in [0.15, 0.2) is 0 Å². The van der Waals surface area contributed by atoms with Crippen molar-refractivity contribution < 1.29 is 19.8 Å². The van der Waals surface area contributed by atoms with Crippen LogP contribution in [-0.2, 0) is 16.1 Å². The number of rotatable bonds is 5. The Labute approximate surface area is 123 Å². The third-order valence-electron chi connectivity index (χ3n) is 3.53. The highest BCUT2D eigenvalue weighted by atomic mass is 32.2. The number of aliphatic hydroxyl groups is 1. The van der Waals surface area contributed by atoms with Crippen LogP contribution in [0.4, 0.5) is 0 Å². The summed E-state index contributed by atoms with van der Waals surface area (Å²) < 4.78 is 1.50. The summed E-state index contributed by atoms with van der Waals surface area (Å²) in [5.41, 5.74) is 0.0139. The van der Waals surface area contributed by atoms with Crippen molar-refractivity contribution >= 4 is 23.6 Å². The van der Waals surface area contributed by atoms with Gasteiger partial charge in [-0.3, -0.25) is 9.69 Å². The monoisotopic (exact) mass is 311 g/mol. The van der Waals surface area contributed by atoms with E-state index < -0.39 is 18.0 Å². The van der Waals surface area contributed by atoms with Crippen molar-refractivity contribution in [1.82, 2.24) is 25.1 Å². The van der Waals surface area contributed by atoms with Crippen LogP contribution in [0.25, 0.3) is 0 Å². The van der Waals surface area contributed by atoms with Crippen LogP contribution in [-0.4, -0.2) is 58.7 Å². The first-order chi connectivity index (χ1) is 10.0. The number of hydrogen-bond acceptors (Lipinski definition) is 7. The van der Waals surface area contributed by atoms with Gasteiger partial charge in [0, 0.05) is 17.9 Å². The van der Waals surface area contributed by atoms with Gasteiger partial charge in [0.25, 0.3) is 0 Å². The van der Waals surface area contributed by atoms with Gasteiger partial charge in [-0.15, -0.1) is 16.9 Å². The van der Waals surface area contributed by atoms with Gasteiger partial charge in [-0.1, -0.05) is 0 Å². The number of hydrogen-bond donors (Lipinski definition) is 2. The van der Waals surface area contributed by atoms with Crippen LogP contribution in [0, 0.1) is 5.92 Å². The van der Waals surface area contributed by atoms with Crippen molar-refractivity contribution in [3.05, 3.63) is 16.9 Å². The number of carbonyl (C=O) groups is 2. The van der Waals surface area contributed by atoms with E-state index in [1.54, 1.807) is 6.92 Å². The van der Waals surface area contributed by atoms with Crippen molar-refractivity contribution in [2.24, 2.45) is 5.92 Å². The number of aromatic nitrogens is 4. The number of aliphatic hydroxyl groups excluding tert-OH is 1. The number of aliphatic carboxylic acids is 1. The van der Waals surface area contributed by atoms with Crippen LogP contribution < -0.4 is 0 Å². The fraction of sp³-hybridized carbons (Fsp3) is 0.545. The summed E-state index contributed by atoms with van der Waals surface area (Å²) in [5, 5.41) is 29.4. The molecule has 1 saturated heterocycles. The number of nitrogens with zero attached hydrogens (tertiary/aromatic N) is 5. The molecule has 1 amide bonds. The molecule has 112 valence electrons. The van der Waals surface area contributed by atoms with Gasteiger partial charge in [-0.25, -0.2) is 9.48 Å². The van der Waals surface area contributed by atoms with Crippen molar-refractivity contribution in [2.45, 2.75) is 31.4 Å². The molecule has 3 heterocycles. The first-order valence-corrected chi connectivity index (χ1v) is 7.23. The molecular formula is C11H13N5O4S. The van der Waals surface area contributed by atoms with Crippen molar-refractivity contribution in [2.75, 3.05) is 0 Å². The second-order valence-electron chi connectivity index (χ2n) is 4.88. The zero-order valence-corrected chi connectivity index (χ0v) is 11.9. The Balaban J connectivity index is 1.79. The highest BCUT2D eigenvalue weighted by Gasteiger charge is 2.57. The van der Waals surface area contributed by atoms with Crippen LogP contribution in [0.3, 0.4) is 0 Å². The van der Waals surface area contributed by atoms with E-state index in [1.165, 1.54) is 27.7 Å². The second-order valence-corrected chi connectivity index (χ2v) is 6.09. The minimum Gasteiger partial charge on any atom is -0.477 e. The number of aryl methyl sites for hydroxylation is 1. The summed E-state index contributed by atoms with van der Waals surface area (Å²) in [6.45, 7) is 1.97. The number of carboxylic acids is 1. The molecule has 1 fully saturated rings. The van der Waals surface area contributed by atoms with Gasteiger partial charge in [-0.05, 0) is 17.4 Å². The van der Waals surface area contributed by atoms with E-state index in [1.807, 2.05) is 0 Å². The second kappa shape index (κ2) is 5.11. The van der Waals surface area contributed by atoms with Crippen LogP contribution in [0.5, 0.6) is 0 Å². The number of fused-ring (bicyclic) bond motifs is 1. The molecule has 1 unspecified atom stereocenters. The third kappa shape index (κ3) is 2.20. The van der Waals surface area contributed by atoms with Gasteiger partial charge >= 0.3 is 5.97 Å². The molecule has 0 aliphatic carbocycles. The molecular weight excluding hydrogens is 298 g/mol. The van der Waals surface area contributed by atoms with Crippen molar-refractivity contribution in [3.8, 4) is 0 Å². The van der Waals surface area contributed by atoms with E-state index in [-0.39, 0.29) is 17.0 Å². The Hall–Kier alpha value is -1.94. The fourth-order valence-electron chi connectivity index (χ4n) is 2.53. The molecule has 0 spiro atoms. The molecule has 2 N–H and O–H groups in total. The summed E-state index contributed by atoms with van der Waals surface area (Å²) in [7, 11) is 0. The number of carboxylic acid groups (broad SMARTS) is 1. The summed E-state index contributed by atoms with van der Waals surface area (Å²) in [6, 6.07) is 0. The van der Waals surface area contributed by atoms with Crippen LogP contribution in [0.2, 0.25) is 0 Å². The average molecular weight is 311 g/mol. The van der Waals surface area contributed by atoms with Crippen LogP contribution in [0.15, 0.2) is 16.9 Å². The predicted octanol–water partition coefficient (Wildman–Crippen LogP) is -0.729. The third-order valence-corrected chi connectivity index (χ3v) is 4.96. The van der Waals surface area contributed by atoms with E-state index in [0.29, 0.717) is 17.9 Å². The number of β-lactam (4-membered cyclic amide) rings is 1. The number of allylic oxidation sites excluding steroid dienone is 1. The highest BCUT2D eigenvalue weighted by Crippen LogP contribution is 2.51. The maximum absolute atomic E-state index is 12.0. The molecule has 2 aliphatic rings. The fourth-order valence-corrected chi connectivity index (χ4v) is 4.13. The van der Waals surface area contributed by atoms with Gasteiger partial charge < -0.3 is 10.2 Å². The summed E-state index contributed by atoms with van der Waals surface area (Å²) in [4.78, 5) is 25.3. The molecule has 0 aromatic carbocycles. The average Bonchev–Trinajstić information content (AvgIpc) is 3.01. The quantitative estimate of drug-likeness (QED) is 0.683. The largest absolute Gasteiger partial charge is 0.477 e. The zero-order valence-electron chi connectivity index (χ0n) is 11.1. The topological polar surface area (TPSA) is 121 Å². The van der Waals surface area contributed by atoms with Crippen molar-refractivity contribution in [3.63, 3.8) is 0 Å². The highest BCUT2D eigenvalue weighted by molar-refractivity contribution is 8.04. The number of tetrazole rings is 1. The SMILES string of the molecule is CC(O)[C@H]1C(=O)N2C(C(=O)O)=C(CCn3cnnn3)S[C@@H]12. The van der Waals surface area contributed by atoms with E-state index in [9.17, 15) is 19.8 Å². The predicted molar refractivity (Wildman–Crippen MR) is 70.5 cm³/mol. The Morgan fingerprint density at radius 3 is 2.90 bits per heavy atom. The van der Waals surface area contributed by atoms with Gasteiger partial charge in [-0.2, -0.15) is 0 Å². The Morgan fingerprint density at radius 1 is 1.57 bits per heavy atom. The lowest BCUT2D eigenvalue weighted by Crippen LogP contribution is -2.60. The molecule has 21 heavy (non-hydrogen) atoms. The summed E-state index contributed by atoms with van der Waals surface area (Å²) >= 11 is 1.32. The van der Waals surface area contributed by atoms with Crippen LogP contribution >= 0.6 is 11.8 Å². The molecule has 3 atom stereocenters. The maximum Gasteiger partial charge on any atom is 0.353 e. The molecule has 10 heteroatoms. The zero-order chi connectivity index (χ0) is 15.1. The minimum atomic E-state index is -1.13. The van der Waals surface area contributed by atoms with E-state index in [2.05, 4.69) is 15.5 Å². The molecule has 2 aliphatic heterocycles. The van der Waals surface area contributed by atoms with E-state index in [4.69, 9.17) is 0 Å². The Bertz CT molecular complexity index is 614. The van der Waals surface area contributed by atoms with E-state index in [0.717, 1.165) is 0 Å². The number of amides is 1. The van der Waals surface area contributed by atoms with Gasteiger partial charge in [0.1, 0.15) is 17.4 Å². The van der Waals surface area contributed by atoms with Gasteiger partial charge in [0.05, 0.1) is 12.0 Å². The minimum absolute atomic E-state index is 0.0139. The molecule has 9 nitrogen and oxygen atoms in total. The normalized spacial score (nSPS) is 25.8. The molecule has 3 rings (SSSR count). The first kappa shape index (κ1) is 14.0. The number of carbonyl (C=O) groups excluding carboxylic acids is 1. The van der Waals surface area contributed by atoms with Gasteiger partial charge in [0.2, 0.25) is 5.91 Å².